The first-order chi connectivity index (χ1) is 10.1. The molecule has 1 fully saturated rings. The Labute approximate surface area is 121 Å². The van der Waals surface area contributed by atoms with Crippen LogP contribution in [0.1, 0.15) is 11.1 Å². The first-order valence-electron chi connectivity index (χ1n) is 6.41. The van der Waals surface area contributed by atoms with E-state index in [0.29, 0.717) is 17.7 Å². The van der Waals surface area contributed by atoms with E-state index < -0.39 is 12.0 Å². The van der Waals surface area contributed by atoms with Gasteiger partial charge in [0.05, 0.1) is 24.8 Å². The number of amides is 1. The van der Waals surface area contributed by atoms with E-state index in [1.807, 2.05) is 6.07 Å². The zero-order valence-electron chi connectivity index (χ0n) is 11.2. The standard InChI is InChI=1S/C15H14N2O4/c16-9-12-3-1-2-11(8-12)4-5-14(18)17-6-7-21-10-13(17)15(19)20/h1-5,8,13H,6-7,10H2,(H,19,20). The number of rotatable bonds is 3. The van der Waals surface area contributed by atoms with Crippen LogP contribution in [0, 0.1) is 11.3 Å². The van der Waals surface area contributed by atoms with E-state index in [9.17, 15) is 9.59 Å². The summed E-state index contributed by atoms with van der Waals surface area (Å²) in [6.45, 7) is 0.574. The monoisotopic (exact) mass is 286 g/mol. The van der Waals surface area contributed by atoms with Crippen LogP contribution in [0.25, 0.3) is 6.08 Å². The largest absolute Gasteiger partial charge is 0.480 e. The van der Waals surface area contributed by atoms with Gasteiger partial charge in [-0.2, -0.15) is 5.26 Å². The van der Waals surface area contributed by atoms with Crippen LogP contribution in [0.4, 0.5) is 0 Å². The second-order valence-corrected chi connectivity index (χ2v) is 4.53. The van der Waals surface area contributed by atoms with Crippen LogP contribution >= 0.6 is 0 Å². The number of benzene rings is 1. The average Bonchev–Trinajstić information content (AvgIpc) is 2.52. The average molecular weight is 286 g/mol. The number of nitriles is 1. The van der Waals surface area contributed by atoms with Crippen LogP contribution in [-0.2, 0) is 14.3 Å². The minimum absolute atomic E-state index is 0.00116. The smallest absolute Gasteiger partial charge is 0.328 e. The molecule has 0 saturated carbocycles. The van der Waals surface area contributed by atoms with Gasteiger partial charge in [0.1, 0.15) is 0 Å². The Morgan fingerprint density at radius 3 is 3.00 bits per heavy atom. The van der Waals surface area contributed by atoms with Gasteiger partial charge in [-0.05, 0) is 23.8 Å². The zero-order valence-corrected chi connectivity index (χ0v) is 11.2. The molecule has 1 heterocycles. The molecule has 1 saturated heterocycles. The van der Waals surface area contributed by atoms with Gasteiger partial charge in [-0.3, -0.25) is 4.79 Å². The number of carbonyl (C=O) groups is 2. The zero-order chi connectivity index (χ0) is 15.2. The van der Waals surface area contributed by atoms with Crippen molar-refractivity contribution >= 4 is 18.0 Å². The highest BCUT2D eigenvalue weighted by Gasteiger charge is 2.31. The fourth-order valence-corrected chi connectivity index (χ4v) is 2.05. The quantitative estimate of drug-likeness (QED) is 0.833. The van der Waals surface area contributed by atoms with E-state index in [2.05, 4.69) is 0 Å². The fraction of sp³-hybridized carbons (Fsp3) is 0.267. The molecule has 0 spiro atoms. The molecule has 0 radical (unpaired) electrons. The second kappa shape index (κ2) is 6.68. The van der Waals surface area contributed by atoms with E-state index in [1.165, 1.54) is 11.0 Å². The molecule has 21 heavy (non-hydrogen) atoms. The van der Waals surface area contributed by atoms with Gasteiger partial charge in [-0.25, -0.2) is 4.79 Å². The first kappa shape index (κ1) is 14.8. The molecule has 1 N–H and O–H groups in total. The molecule has 1 aliphatic heterocycles. The molecule has 0 aliphatic carbocycles. The van der Waals surface area contributed by atoms with Gasteiger partial charge in [0.25, 0.3) is 0 Å². The summed E-state index contributed by atoms with van der Waals surface area (Å²) in [5, 5.41) is 17.9. The van der Waals surface area contributed by atoms with Crippen molar-refractivity contribution in [2.24, 2.45) is 0 Å². The summed E-state index contributed by atoms with van der Waals surface area (Å²) in [5.74, 6) is -1.46. The molecular weight excluding hydrogens is 272 g/mol. The third-order valence-corrected chi connectivity index (χ3v) is 3.13. The lowest BCUT2D eigenvalue weighted by Crippen LogP contribution is -2.52. The maximum atomic E-state index is 12.1. The van der Waals surface area contributed by atoms with Gasteiger partial charge in [0, 0.05) is 12.6 Å². The molecule has 1 unspecified atom stereocenters. The Morgan fingerprint density at radius 2 is 2.29 bits per heavy atom. The van der Waals surface area contributed by atoms with E-state index in [4.69, 9.17) is 15.1 Å². The third-order valence-electron chi connectivity index (χ3n) is 3.13. The van der Waals surface area contributed by atoms with Crippen molar-refractivity contribution in [2.75, 3.05) is 19.8 Å². The van der Waals surface area contributed by atoms with E-state index in [0.717, 1.165) is 0 Å². The molecule has 1 aromatic carbocycles. The molecular formula is C15H14N2O4. The van der Waals surface area contributed by atoms with E-state index >= 15 is 0 Å². The van der Waals surface area contributed by atoms with Crippen molar-refractivity contribution in [1.82, 2.24) is 4.90 Å². The number of carboxylic acids is 1. The first-order valence-corrected chi connectivity index (χ1v) is 6.41. The van der Waals surface area contributed by atoms with Crippen LogP contribution < -0.4 is 0 Å². The highest BCUT2D eigenvalue weighted by molar-refractivity contribution is 5.94. The van der Waals surface area contributed by atoms with Crippen molar-refractivity contribution in [3.8, 4) is 6.07 Å². The summed E-state index contributed by atoms with van der Waals surface area (Å²) in [7, 11) is 0. The molecule has 6 heteroatoms. The third kappa shape index (κ3) is 3.68. The van der Waals surface area contributed by atoms with Gasteiger partial charge in [0.15, 0.2) is 6.04 Å². The van der Waals surface area contributed by atoms with Gasteiger partial charge in [-0.15, -0.1) is 0 Å². The lowest BCUT2D eigenvalue weighted by atomic mass is 10.1. The molecule has 1 aromatic rings. The lowest BCUT2D eigenvalue weighted by Gasteiger charge is -2.31. The van der Waals surface area contributed by atoms with Gasteiger partial charge >= 0.3 is 5.97 Å². The van der Waals surface area contributed by atoms with Crippen molar-refractivity contribution < 1.29 is 19.4 Å². The summed E-state index contributed by atoms with van der Waals surface area (Å²) in [4.78, 5) is 24.5. The molecule has 108 valence electrons. The number of hydrogen-bond acceptors (Lipinski definition) is 4. The number of carboxylic acid groups (broad SMARTS) is 1. The highest BCUT2D eigenvalue weighted by Crippen LogP contribution is 2.10. The number of morpholine rings is 1. The van der Waals surface area contributed by atoms with E-state index in [1.54, 1.807) is 30.3 Å². The predicted molar refractivity (Wildman–Crippen MR) is 74.1 cm³/mol. The van der Waals surface area contributed by atoms with E-state index in [-0.39, 0.29) is 19.1 Å². The Kier molecular flexibility index (Phi) is 4.69. The normalized spacial score (nSPS) is 18.4. The molecule has 0 bridgehead atoms. The molecule has 1 aliphatic rings. The van der Waals surface area contributed by atoms with Crippen molar-refractivity contribution in [2.45, 2.75) is 6.04 Å². The van der Waals surface area contributed by atoms with Crippen LogP contribution in [-0.4, -0.2) is 47.7 Å². The van der Waals surface area contributed by atoms with Crippen LogP contribution in [0.15, 0.2) is 30.3 Å². The van der Waals surface area contributed by atoms with Gasteiger partial charge in [-0.1, -0.05) is 12.1 Å². The summed E-state index contributed by atoms with van der Waals surface area (Å²) >= 11 is 0. The Morgan fingerprint density at radius 1 is 1.48 bits per heavy atom. The molecule has 6 nitrogen and oxygen atoms in total. The highest BCUT2D eigenvalue weighted by atomic mass is 16.5. The number of hydrogen-bond donors (Lipinski definition) is 1. The number of carbonyl (C=O) groups excluding carboxylic acids is 1. The number of nitrogens with zero attached hydrogens (tertiary/aromatic N) is 2. The Balaban J connectivity index is 2.10. The van der Waals surface area contributed by atoms with Crippen LogP contribution in [0.3, 0.4) is 0 Å². The summed E-state index contributed by atoms with van der Waals surface area (Å²) in [6, 6.07) is 7.86. The van der Waals surface area contributed by atoms with Gasteiger partial charge in [0.2, 0.25) is 5.91 Å². The molecule has 1 amide bonds. The van der Waals surface area contributed by atoms with Crippen molar-refractivity contribution in [3.63, 3.8) is 0 Å². The minimum Gasteiger partial charge on any atom is -0.480 e. The second-order valence-electron chi connectivity index (χ2n) is 4.53. The SMILES string of the molecule is N#Cc1cccc(C=CC(=O)N2CCOCC2C(=O)O)c1. The van der Waals surface area contributed by atoms with Crippen LogP contribution in [0.5, 0.6) is 0 Å². The summed E-state index contributed by atoms with van der Waals surface area (Å²) in [6.07, 6.45) is 2.88. The maximum Gasteiger partial charge on any atom is 0.328 e. The van der Waals surface area contributed by atoms with Crippen molar-refractivity contribution in [3.05, 3.63) is 41.5 Å². The van der Waals surface area contributed by atoms with Crippen LogP contribution in [0.2, 0.25) is 0 Å². The maximum absolute atomic E-state index is 12.1. The molecule has 1 atom stereocenters. The fourth-order valence-electron chi connectivity index (χ4n) is 2.05. The van der Waals surface area contributed by atoms with Crippen molar-refractivity contribution in [1.29, 1.82) is 5.26 Å². The molecule has 2 rings (SSSR count). The minimum atomic E-state index is -1.08. The topological polar surface area (TPSA) is 90.6 Å². The summed E-state index contributed by atoms with van der Waals surface area (Å²) < 4.78 is 5.08. The Hall–Kier alpha value is -2.65. The number of aliphatic carboxylic acids is 1. The summed E-state index contributed by atoms with van der Waals surface area (Å²) in [5.41, 5.74) is 1.21. The Bertz CT molecular complexity index is 618. The lowest BCUT2D eigenvalue weighted by molar-refractivity contribution is -0.156. The number of ether oxygens (including phenoxy) is 1. The molecule has 0 aromatic heterocycles. The predicted octanol–water partition coefficient (Wildman–Crippen LogP) is 0.883. The van der Waals surface area contributed by atoms with Gasteiger partial charge < -0.3 is 14.7 Å².